The first-order chi connectivity index (χ1) is 12.8. The average Bonchev–Trinajstić information content (AvgIpc) is 2.64. The van der Waals surface area contributed by atoms with Gasteiger partial charge in [-0.2, -0.15) is 0 Å². The van der Waals surface area contributed by atoms with E-state index in [2.05, 4.69) is 10.6 Å². The standard InChI is InChI=1S/C20H29F2N3O2/c1-13(2)18(24-19(26)17-15(21)5-4-6-16(17)22)20(27)25-11-8-14(9-12-25)7-10-23-3/h4-6,13-14,18,23H,7-12H2,1-3H3,(H,24,26). The molecule has 1 aromatic rings. The van der Waals surface area contributed by atoms with E-state index in [-0.39, 0.29) is 11.8 Å². The first kappa shape index (κ1) is 21.3. The Morgan fingerprint density at radius 2 is 1.78 bits per heavy atom. The maximum atomic E-state index is 13.9. The van der Waals surface area contributed by atoms with Crippen LogP contribution in [0.3, 0.4) is 0 Å². The number of hydrogen-bond donors (Lipinski definition) is 2. The van der Waals surface area contributed by atoms with E-state index in [0.29, 0.717) is 19.0 Å². The molecule has 0 bridgehead atoms. The van der Waals surface area contributed by atoms with E-state index < -0.39 is 29.1 Å². The van der Waals surface area contributed by atoms with E-state index in [4.69, 9.17) is 0 Å². The summed E-state index contributed by atoms with van der Waals surface area (Å²) in [6.07, 6.45) is 2.93. The van der Waals surface area contributed by atoms with Gasteiger partial charge in [-0.15, -0.1) is 0 Å². The summed E-state index contributed by atoms with van der Waals surface area (Å²) in [5.74, 6) is -2.58. The smallest absolute Gasteiger partial charge is 0.257 e. The predicted octanol–water partition coefficient (Wildman–Crippen LogP) is 2.57. The topological polar surface area (TPSA) is 61.4 Å². The second-order valence-electron chi connectivity index (χ2n) is 7.45. The van der Waals surface area contributed by atoms with Gasteiger partial charge >= 0.3 is 0 Å². The van der Waals surface area contributed by atoms with Gasteiger partial charge < -0.3 is 15.5 Å². The molecule has 2 amide bonds. The van der Waals surface area contributed by atoms with Crippen molar-refractivity contribution in [3.05, 3.63) is 35.4 Å². The average molecular weight is 381 g/mol. The summed E-state index contributed by atoms with van der Waals surface area (Å²) in [7, 11) is 1.92. The Kier molecular flexibility index (Phi) is 7.71. The van der Waals surface area contributed by atoms with Gasteiger partial charge in [0.1, 0.15) is 23.2 Å². The second-order valence-corrected chi connectivity index (χ2v) is 7.45. The highest BCUT2D eigenvalue weighted by atomic mass is 19.1. The van der Waals surface area contributed by atoms with Crippen LogP contribution in [0.1, 0.15) is 43.5 Å². The van der Waals surface area contributed by atoms with Crippen molar-refractivity contribution < 1.29 is 18.4 Å². The van der Waals surface area contributed by atoms with Gasteiger partial charge in [0.15, 0.2) is 0 Å². The molecule has 1 aliphatic rings. The van der Waals surface area contributed by atoms with Gasteiger partial charge in [0.25, 0.3) is 5.91 Å². The molecule has 1 heterocycles. The fraction of sp³-hybridized carbons (Fsp3) is 0.600. The van der Waals surface area contributed by atoms with Crippen molar-refractivity contribution in [3.63, 3.8) is 0 Å². The minimum absolute atomic E-state index is 0.192. The number of rotatable bonds is 7. The lowest BCUT2D eigenvalue weighted by atomic mass is 9.92. The summed E-state index contributed by atoms with van der Waals surface area (Å²) >= 11 is 0. The summed E-state index contributed by atoms with van der Waals surface area (Å²) in [6.45, 7) is 5.85. The lowest BCUT2D eigenvalue weighted by Gasteiger charge is -2.35. The third kappa shape index (κ3) is 5.48. The van der Waals surface area contributed by atoms with Crippen LogP contribution < -0.4 is 10.6 Å². The van der Waals surface area contributed by atoms with Gasteiger partial charge in [-0.05, 0) is 56.8 Å². The number of carbonyl (C=O) groups is 2. The van der Waals surface area contributed by atoms with Crippen molar-refractivity contribution in [3.8, 4) is 0 Å². The van der Waals surface area contributed by atoms with Gasteiger partial charge in [-0.1, -0.05) is 19.9 Å². The molecule has 7 heteroatoms. The molecule has 0 saturated carbocycles. The number of nitrogens with zero attached hydrogens (tertiary/aromatic N) is 1. The lowest BCUT2D eigenvalue weighted by molar-refractivity contribution is -0.135. The Morgan fingerprint density at radius 1 is 1.19 bits per heavy atom. The molecular weight excluding hydrogens is 352 g/mol. The number of amides is 2. The van der Waals surface area contributed by atoms with Gasteiger partial charge in [-0.3, -0.25) is 9.59 Å². The van der Waals surface area contributed by atoms with Crippen LogP contribution in [0.25, 0.3) is 0 Å². The Hall–Kier alpha value is -2.02. The summed E-state index contributed by atoms with van der Waals surface area (Å²) in [4.78, 5) is 27.0. The Labute approximate surface area is 159 Å². The van der Waals surface area contributed by atoms with Crippen LogP contribution in [0.4, 0.5) is 8.78 Å². The van der Waals surface area contributed by atoms with E-state index in [0.717, 1.165) is 37.9 Å². The molecule has 1 unspecified atom stereocenters. The van der Waals surface area contributed by atoms with E-state index in [9.17, 15) is 18.4 Å². The molecule has 150 valence electrons. The maximum absolute atomic E-state index is 13.9. The number of halogens is 2. The van der Waals surface area contributed by atoms with Gasteiger partial charge in [-0.25, -0.2) is 8.78 Å². The molecule has 27 heavy (non-hydrogen) atoms. The number of likely N-dealkylation sites (tertiary alicyclic amines) is 1. The lowest BCUT2D eigenvalue weighted by Crippen LogP contribution is -2.53. The zero-order valence-electron chi connectivity index (χ0n) is 16.2. The number of carbonyl (C=O) groups excluding carboxylic acids is 2. The van der Waals surface area contributed by atoms with Crippen molar-refractivity contribution in [2.24, 2.45) is 11.8 Å². The van der Waals surface area contributed by atoms with Crippen molar-refractivity contribution in [1.82, 2.24) is 15.5 Å². The highest BCUT2D eigenvalue weighted by molar-refractivity contribution is 5.98. The minimum Gasteiger partial charge on any atom is -0.341 e. The zero-order chi connectivity index (χ0) is 20.0. The molecule has 0 spiro atoms. The molecular formula is C20H29F2N3O2. The van der Waals surface area contributed by atoms with Crippen molar-refractivity contribution in [2.75, 3.05) is 26.7 Å². The van der Waals surface area contributed by atoms with Crippen LogP contribution in [0.2, 0.25) is 0 Å². The molecule has 2 N–H and O–H groups in total. The highest BCUT2D eigenvalue weighted by Gasteiger charge is 2.32. The highest BCUT2D eigenvalue weighted by Crippen LogP contribution is 2.22. The molecule has 0 aliphatic carbocycles. The van der Waals surface area contributed by atoms with E-state index in [1.54, 1.807) is 18.7 Å². The quantitative estimate of drug-likeness (QED) is 0.763. The third-order valence-electron chi connectivity index (χ3n) is 5.14. The molecule has 2 rings (SSSR count). The monoisotopic (exact) mass is 381 g/mol. The molecule has 1 aromatic carbocycles. The van der Waals surface area contributed by atoms with E-state index in [1.165, 1.54) is 6.07 Å². The van der Waals surface area contributed by atoms with Gasteiger partial charge in [0.05, 0.1) is 0 Å². The zero-order valence-corrected chi connectivity index (χ0v) is 16.2. The number of nitrogens with one attached hydrogen (secondary N) is 2. The summed E-state index contributed by atoms with van der Waals surface area (Å²) in [5, 5.41) is 5.68. The SMILES string of the molecule is CNCCC1CCN(C(=O)C(NC(=O)c2c(F)cccc2F)C(C)C)CC1. The molecule has 1 aliphatic heterocycles. The number of benzene rings is 1. The second kappa shape index (κ2) is 9.78. The minimum atomic E-state index is -0.937. The molecule has 1 saturated heterocycles. The molecule has 5 nitrogen and oxygen atoms in total. The normalized spacial score (nSPS) is 16.4. The van der Waals surface area contributed by atoms with Crippen molar-refractivity contribution in [2.45, 2.75) is 39.2 Å². The Balaban J connectivity index is 2.03. The molecule has 1 fully saturated rings. The fourth-order valence-corrected chi connectivity index (χ4v) is 3.43. The predicted molar refractivity (Wildman–Crippen MR) is 100 cm³/mol. The first-order valence-electron chi connectivity index (χ1n) is 9.53. The van der Waals surface area contributed by atoms with Crippen LogP contribution in [-0.2, 0) is 4.79 Å². The van der Waals surface area contributed by atoms with Gasteiger partial charge in [0.2, 0.25) is 5.91 Å². The largest absolute Gasteiger partial charge is 0.341 e. The van der Waals surface area contributed by atoms with Crippen LogP contribution >= 0.6 is 0 Å². The van der Waals surface area contributed by atoms with Crippen LogP contribution in [0, 0.1) is 23.5 Å². The van der Waals surface area contributed by atoms with Crippen molar-refractivity contribution in [1.29, 1.82) is 0 Å². The molecule has 0 aromatic heterocycles. The first-order valence-corrected chi connectivity index (χ1v) is 9.53. The summed E-state index contributed by atoms with van der Waals surface area (Å²) < 4.78 is 27.7. The molecule has 0 radical (unpaired) electrons. The Morgan fingerprint density at radius 3 is 2.30 bits per heavy atom. The fourth-order valence-electron chi connectivity index (χ4n) is 3.43. The maximum Gasteiger partial charge on any atom is 0.257 e. The summed E-state index contributed by atoms with van der Waals surface area (Å²) in [5.41, 5.74) is -0.651. The van der Waals surface area contributed by atoms with Gasteiger partial charge in [0, 0.05) is 13.1 Å². The number of piperidine rings is 1. The summed E-state index contributed by atoms with van der Waals surface area (Å²) in [6, 6.07) is 2.44. The molecule has 1 atom stereocenters. The van der Waals surface area contributed by atoms with Crippen LogP contribution in [-0.4, -0.2) is 49.4 Å². The van der Waals surface area contributed by atoms with Crippen LogP contribution in [0.15, 0.2) is 18.2 Å². The third-order valence-corrected chi connectivity index (χ3v) is 5.14. The van der Waals surface area contributed by atoms with Crippen molar-refractivity contribution >= 4 is 11.8 Å². The van der Waals surface area contributed by atoms with E-state index >= 15 is 0 Å². The van der Waals surface area contributed by atoms with E-state index in [1.807, 2.05) is 7.05 Å². The Bertz CT molecular complexity index is 638. The van der Waals surface area contributed by atoms with Crippen LogP contribution in [0.5, 0.6) is 0 Å². The number of hydrogen-bond acceptors (Lipinski definition) is 3.